The number of esters is 1. The topological polar surface area (TPSA) is 125 Å². The molecule has 0 saturated heterocycles. The van der Waals surface area contributed by atoms with Crippen LogP contribution >= 0.6 is 0 Å². The first-order chi connectivity index (χ1) is 10.7. The molecule has 9 heteroatoms. The molecule has 1 amide bonds. The lowest BCUT2D eigenvalue weighted by Crippen LogP contribution is -2.40. The fourth-order valence-corrected chi connectivity index (χ4v) is 2.76. The summed E-state index contributed by atoms with van der Waals surface area (Å²) in [5.74, 6) is -1.13. The normalized spacial score (nSPS) is 13.5. The lowest BCUT2D eigenvalue weighted by Gasteiger charge is -2.14. The summed E-state index contributed by atoms with van der Waals surface area (Å²) < 4.78 is 31.2. The Hall–Kier alpha value is -2.44. The van der Waals surface area contributed by atoms with Crippen LogP contribution in [0.4, 0.5) is 5.69 Å². The lowest BCUT2D eigenvalue weighted by molar-refractivity contribution is -0.147. The number of nitrogens with one attached hydrogen (secondary N) is 2. The largest absolute Gasteiger partial charge is 0.446 e. The average molecular weight is 339 g/mol. The maximum atomic E-state index is 12.2. The number of nitrogens with zero attached hydrogens (tertiary/aromatic N) is 1. The van der Waals surface area contributed by atoms with Crippen molar-refractivity contribution in [3.05, 3.63) is 24.3 Å². The third kappa shape index (κ3) is 5.69. The number of benzene rings is 1. The van der Waals surface area contributed by atoms with Crippen molar-refractivity contribution in [1.82, 2.24) is 4.72 Å². The SMILES string of the molecule is CC(=O)Nc1ccc(S(=O)(=O)N[C@@H](C)C(=O)O[C@@H](C)C#N)cc1. The second-order valence-corrected chi connectivity index (χ2v) is 6.47. The highest BCUT2D eigenvalue weighted by molar-refractivity contribution is 7.89. The third-order valence-corrected chi connectivity index (χ3v) is 4.20. The molecule has 0 heterocycles. The monoisotopic (exact) mass is 339 g/mol. The fourth-order valence-electron chi connectivity index (χ4n) is 1.57. The van der Waals surface area contributed by atoms with E-state index < -0.39 is 28.1 Å². The van der Waals surface area contributed by atoms with Gasteiger partial charge in [-0.1, -0.05) is 0 Å². The second kappa shape index (κ2) is 7.71. The molecule has 0 saturated carbocycles. The summed E-state index contributed by atoms with van der Waals surface area (Å²) in [5.41, 5.74) is 0.451. The molecule has 0 aromatic heterocycles. The average Bonchev–Trinajstić information content (AvgIpc) is 2.46. The van der Waals surface area contributed by atoms with E-state index in [0.29, 0.717) is 5.69 Å². The van der Waals surface area contributed by atoms with E-state index in [1.54, 1.807) is 6.07 Å². The highest BCUT2D eigenvalue weighted by atomic mass is 32.2. The summed E-state index contributed by atoms with van der Waals surface area (Å²) in [5, 5.41) is 11.1. The first-order valence-corrected chi connectivity index (χ1v) is 8.14. The molecule has 23 heavy (non-hydrogen) atoms. The van der Waals surface area contributed by atoms with Gasteiger partial charge in [0.05, 0.1) is 4.90 Å². The van der Waals surface area contributed by atoms with Gasteiger partial charge in [-0.2, -0.15) is 9.98 Å². The van der Waals surface area contributed by atoms with Gasteiger partial charge in [0.2, 0.25) is 15.9 Å². The minimum absolute atomic E-state index is 0.0698. The molecule has 1 rings (SSSR count). The molecule has 0 aliphatic carbocycles. The smallest absolute Gasteiger partial charge is 0.325 e. The molecule has 0 fully saturated rings. The molecule has 0 spiro atoms. The molecule has 0 aliphatic heterocycles. The molecule has 1 aromatic carbocycles. The van der Waals surface area contributed by atoms with E-state index in [0.717, 1.165) is 0 Å². The number of hydrogen-bond donors (Lipinski definition) is 2. The molecule has 1 aromatic rings. The Morgan fingerprint density at radius 3 is 2.26 bits per heavy atom. The van der Waals surface area contributed by atoms with E-state index in [1.807, 2.05) is 0 Å². The van der Waals surface area contributed by atoms with E-state index >= 15 is 0 Å². The Morgan fingerprint density at radius 2 is 1.78 bits per heavy atom. The van der Waals surface area contributed by atoms with Gasteiger partial charge in [-0.05, 0) is 38.1 Å². The van der Waals surface area contributed by atoms with Gasteiger partial charge in [-0.3, -0.25) is 9.59 Å². The van der Waals surface area contributed by atoms with Crippen LogP contribution < -0.4 is 10.0 Å². The van der Waals surface area contributed by atoms with Crippen molar-refractivity contribution in [3.8, 4) is 6.07 Å². The van der Waals surface area contributed by atoms with Gasteiger partial charge < -0.3 is 10.1 Å². The maximum Gasteiger partial charge on any atom is 0.325 e. The lowest BCUT2D eigenvalue weighted by atomic mass is 10.3. The van der Waals surface area contributed by atoms with Crippen LogP contribution in [0.2, 0.25) is 0 Å². The molecular weight excluding hydrogens is 322 g/mol. The molecule has 0 unspecified atom stereocenters. The quantitative estimate of drug-likeness (QED) is 0.737. The Kier molecular flexibility index (Phi) is 6.24. The summed E-state index contributed by atoms with van der Waals surface area (Å²) in [6.07, 6.45) is -0.966. The number of amides is 1. The molecule has 0 bridgehead atoms. The van der Waals surface area contributed by atoms with Crippen LogP contribution in [0.3, 0.4) is 0 Å². The number of hydrogen-bond acceptors (Lipinski definition) is 6. The number of anilines is 1. The predicted molar refractivity (Wildman–Crippen MR) is 81.7 cm³/mol. The van der Waals surface area contributed by atoms with Crippen LogP contribution in [-0.4, -0.2) is 32.4 Å². The summed E-state index contributed by atoms with van der Waals surface area (Å²) in [6.45, 7) is 4.03. The number of ether oxygens (including phenoxy) is 1. The first-order valence-electron chi connectivity index (χ1n) is 6.66. The number of carbonyl (C=O) groups excluding carboxylic acids is 2. The zero-order valence-corrected chi connectivity index (χ0v) is 13.7. The second-order valence-electron chi connectivity index (χ2n) is 4.76. The van der Waals surface area contributed by atoms with Gasteiger partial charge in [0.1, 0.15) is 12.1 Å². The Bertz CT molecular complexity index is 722. The highest BCUT2D eigenvalue weighted by Gasteiger charge is 2.24. The summed E-state index contributed by atoms with van der Waals surface area (Å²) in [4.78, 5) is 22.5. The summed E-state index contributed by atoms with van der Waals surface area (Å²) in [7, 11) is -3.94. The maximum absolute atomic E-state index is 12.2. The molecule has 2 atom stereocenters. The number of rotatable bonds is 6. The van der Waals surface area contributed by atoms with Gasteiger partial charge in [0, 0.05) is 12.6 Å². The van der Waals surface area contributed by atoms with Crippen molar-refractivity contribution in [3.63, 3.8) is 0 Å². The van der Waals surface area contributed by atoms with Crippen molar-refractivity contribution in [2.75, 3.05) is 5.32 Å². The van der Waals surface area contributed by atoms with Crippen LogP contribution in [0.5, 0.6) is 0 Å². The van der Waals surface area contributed by atoms with E-state index in [9.17, 15) is 18.0 Å². The third-order valence-electron chi connectivity index (χ3n) is 2.65. The minimum Gasteiger partial charge on any atom is -0.446 e. The predicted octanol–water partition coefficient (Wildman–Crippen LogP) is 0.767. The fraction of sp³-hybridized carbons (Fsp3) is 0.357. The standard InChI is InChI=1S/C14H17N3O5S/c1-9(8-15)22-14(19)10(2)17-23(20,21)13-6-4-12(5-7-13)16-11(3)18/h4-7,9-10,17H,1-3H3,(H,16,18)/t9-,10-/m0/s1. The van der Waals surface area contributed by atoms with Gasteiger partial charge in [0.25, 0.3) is 0 Å². The van der Waals surface area contributed by atoms with Gasteiger partial charge in [-0.25, -0.2) is 8.42 Å². The van der Waals surface area contributed by atoms with E-state index in [1.165, 1.54) is 45.0 Å². The van der Waals surface area contributed by atoms with Gasteiger partial charge in [0.15, 0.2) is 6.10 Å². The van der Waals surface area contributed by atoms with Crippen molar-refractivity contribution < 1.29 is 22.7 Å². The van der Waals surface area contributed by atoms with Crippen molar-refractivity contribution in [2.24, 2.45) is 0 Å². The van der Waals surface area contributed by atoms with E-state index in [4.69, 9.17) is 10.00 Å². The zero-order valence-electron chi connectivity index (χ0n) is 12.9. The molecular formula is C14H17N3O5S. The van der Waals surface area contributed by atoms with Crippen LogP contribution in [-0.2, 0) is 24.3 Å². The van der Waals surface area contributed by atoms with E-state index in [-0.39, 0.29) is 10.8 Å². The van der Waals surface area contributed by atoms with Crippen molar-refractivity contribution >= 4 is 27.6 Å². The Labute approximate surface area is 134 Å². The first kappa shape index (κ1) is 18.6. The van der Waals surface area contributed by atoms with E-state index in [2.05, 4.69) is 10.0 Å². The number of sulfonamides is 1. The minimum atomic E-state index is -3.94. The van der Waals surface area contributed by atoms with Crippen LogP contribution in [0.1, 0.15) is 20.8 Å². The molecule has 0 aliphatic rings. The highest BCUT2D eigenvalue weighted by Crippen LogP contribution is 2.14. The number of nitriles is 1. The summed E-state index contributed by atoms with van der Waals surface area (Å²) >= 11 is 0. The Morgan fingerprint density at radius 1 is 1.22 bits per heavy atom. The van der Waals surface area contributed by atoms with Gasteiger partial charge in [-0.15, -0.1) is 0 Å². The van der Waals surface area contributed by atoms with Crippen molar-refractivity contribution in [2.45, 2.75) is 37.8 Å². The molecule has 0 radical (unpaired) electrons. The summed E-state index contributed by atoms with van der Waals surface area (Å²) in [6, 6.07) is 6.01. The van der Waals surface area contributed by atoms with Crippen molar-refractivity contribution in [1.29, 1.82) is 5.26 Å². The van der Waals surface area contributed by atoms with Gasteiger partial charge >= 0.3 is 5.97 Å². The molecule has 8 nitrogen and oxygen atoms in total. The van der Waals surface area contributed by atoms with Crippen LogP contribution in [0, 0.1) is 11.3 Å². The van der Waals surface area contributed by atoms with Crippen LogP contribution in [0.15, 0.2) is 29.2 Å². The molecule has 124 valence electrons. The molecule has 2 N–H and O–H groups in total. The Balaban J connectivity index is 2.81. The zero-order chi connectivity index (χ0) is 17.6. The number of carbonyl (C=O) groups is 2. The van der Waals surface area contributed by atoms with Crippen LogP contribution in [0.25, 0.3) is 0 Å².